The number of nitrogens with zero attached hydrogens (tertiary/aromatic N) is 3. The van der Waals surface area contributed by atoms with Crippen LogP contribution in [0.2, 0.25) is 0 Å². The highest BCUT2D eigenvalue weighted by molar-refractivity contribution is 5.98. The Labute approximate surface area is 223 Å². The molecule has 1 amide bonds. The van der Waals surface area contributed by atoms with Crippen LogP contribution in [0.15, 0.2) is 47.7 Å². The van der Waals surface area contributed by atoms with Gasteiger partial charge in [-0.3, -0.25) is 9.59 Å². The number of carbonyl (C=O) groups excluding carboxylic acids is 1. The molecule has 0 saturated carbocycles. The fourth-order valence-corrected chi connectivity index (χ4v) is 5.70. The molecule has 1 aliphatic heterocycles. The van der Waals surface area contributed by atoms with Gasteiger partial charge in [0.1, 0.15) is 5.82 Å². The van der Waals surface area contributed by atoms with Crippen LogP contribution in [0, 0.1) is 20.8 Å². The monoisotopic (exact) mass is 515 g/mol. The van der Waals surface area contributed by atoms with Crippen molar-refractivity contribution in [2.75, 3.05) is 24.7 Å². The number of pyridine rings is 2. The number of aromatic nitrogens is 3. The van der Waals surface area contributed by atoms with Gasteiger partial charge in [0.15, 0.2) is 0 Å². The number of aryl methyl sites for hydroxylation is 3. The van der Waals surface area contributed by atoms with Crippen molar-refractivity contribution < 1.29 is 9.53 Å². The van der Waals surface area contributed by atoms with Gasteiger partial charge in [-0.2, -0.15) is 0 Å². The average Bonchev–Trinajstić information content (AvgIpc) is 3.51. The number of H-pyrrole nitrogens is 1. The van der Waals surface area contributed by atoms with E-state index in [1.165, 1.54) is 0 Å². The van der Waals surface area contributed by atoms with Gasteiger partial charge < -0.3 is 28.9 Å². The Morgan fingerprint density at radius 2 is 1.89 bits per heavy atom. The minimum absolute atomic E-state index is 0.161. The average molecular weight is 516 g/mol. The predicted octanol–water partition coefficient (Wildman–Crippen LogP) is 4.49. The first-order valence-electron chi connectivity index (χ1n) is 13.4. The molecule has 8 nitrogen and oxygen atoms in total. The van der Waals surface area contributed by atoms with Gasteiger partial charge in [-0.25, -0.2) is 0 Å². The lowest BCUT2D eigenvalue weighted by molar-refractivity contribution is 0.0844. The molecule has 0 bridgehead atoms. The number of rotatable bonds is 7. The molecule has 0 spiro atoms. The quantitative estimate of drug-likeness (QED) is 0.380. The van der Waals surface area contributed by atoms with Crippen LogP contribution in [-0.2, 0) is 18.3 Å². The first kappa shape index (κ1) is 25.9. The predicted molar refractivity (Wildman–Crippen MR) is 151 cm³/mol. The molecule has 1 aliphatic rings. The smallest absolute Gasteiger partial charge is 0.253 e. The van der Waals surface area contributed by atoms with Gasteiger partial charge >= 0.3 is 0 Å². The van der Waals surface area contributed by atoms with E-state index in [1.54, 1.807) is 0 Å². The zero-order chi connectivity index (χ0) is 27.0. The number of nitrogens with one attached hydrogen (secondary N) is 2. The summed E-state index contributed by atoms with van der Waals surface area (Å²) in [6.07, 6.45) is 8.22. The van der Waals surface area contributed by atoms with Crippen molar-refractivity contribution in [1.82, 2.24) is 19.3 Å². The Hall–Kier alpha value is -3.78. The molecular weight excluding hydrogens is 478 g/mol. The molecule has 0 atom stereocenters. The molecule has 0 radical (unpaired) electrons. The highest BCUT2D eigenvalue weighted by Crippen LogP contribution is 2.33. The molecule has 0 aliphatic carbocycles. The van der Waals surface area contributed by atoms with E-state index in [2.05, 4.69) is 51.1 Å². The number of fused-ring (bicyclic) bond motifs is 1. The highest BCUT2D eigenvalue weighted by Gasteiger charge is 2.27. The summed E-state index contributed by atoms with van der Waals surface area (Å²) < 4.78 is 9.91. The fraction of sp³-hybridized carbons (Fsp3) is 0.400. The van der Waals surface area contributed by atoms with E-state index < -0.39 is 0 Å². The largest absolute Gasteiger partial charge is 0.381 e. The molecular formula is C30H37N5O3. The van der Waals surface area contributed by atoms with Crippen molar-refractivity contribution in [3.63, 3.8) is 0 Å². The van der Waals surface area contributed by atoms with Gasteiger partial charge in [0, 0.05) is 97.0 Å². The second kappa shape index (κ2) is 10.5. The molecule has 200 valence electrons. The van der Waals surface area contributed by atoms with E-state index >= 15 is 0 Å². The number of anilines is 1. The minimum atomic E-state index is -0.184. The second-order valence-corrected chi connectivity index (χ2v) is 10.4. The minimum Gasteiger partial charge on any atom is -0.381 e. The summed E-state index contributed by atoms with van der Waals surface area (Å²) in [6, 6.07) is 8.47. The molecule has 0 unspecified atom stereocenters. The fourth-order valence-electron chi connectivity index (χ4n) is 5.70. The number of ether oxygens (including phenoxy) is 1. The molecule has 8 heteroatoms. The second-order valence-electron chi connectivity index (χ2n) is 10.4. The normalized spacial score (nSPS) is 14.2. The van der Waals surface area contributed by atoms with Gasteiger partial charge in [0.05, 0.1) is 0 Å². The molecule has 4 aromatic heterocycles. The van der Waals surface area contributed by atoms with Crippen LogP contribution in [-0.4, -0.2) is 45.7 Å². The maximum atomic E-state index is 13.6. The van der Waals surface area contributed by atoms with Gasteiger partial charge in [0.2, 0.25) is 0 Å². The number of hydrogen-bond donors (Lipinski definition) is 2. The van der Waals surface area contributed by atoms with Crippen LogP contribution < -0.4 is 15.8 Å². The zero-order valence-electron chi connectivity index (χ0n) is 22.9. The first-order chi connectivity index (χ1) is 18.3. The van der Waals surface area contributed by atoms with Crippen molar-refractivity contribution in [1.29, 1.82) is 0 Å². The van der Waals surface area contributed by atoms with E-state index in [0.29, 0.717) is 17.2 Å². The third-order valence-electron chi connectivity index (χ3n) is 7.68. The molecule has 38 heavy (non-hydrogen) atoms. The Morgan fingerprint density at radius 3 is 2.55 bits per heavy atom. The van der Waals surface area contributed by atoms with Crippen LogP contribution in [0.1, 0.15) is 52.5 Å². The lowest BCUT2D eigenvalue weighted by Crippen LogP contribution is -2.41. The van der Waals surface area contributed by atoms with Crippen molar-refractivity contribution in [3.8, 4) is 11.1 Å². The van der Waals surface area contributed by atoms with Gasteiger partial charge in [-0.1, -0.05) is 0 Å². The lowest BCUT2D eigenvalue weighted by Gasteiger charge is -2.37. The van der Waals surface area contributed by atoms with Crippen molar-refractivity contribution in [2.24, 2.45) is 7.05 Å². The molecule has 0 aromatic carbocycles. The zero-order valence-corrected chi connectivity index (χ0v) is 22.9. The summed E-state index contributed by atoms with van der Waals surface area (Å²) in [5.41, 5.74) is 6.84. The maximum Gasteiger partial charge on any atom is 0.253 e. The molecule has 5 rings (SSSR count). The van der Waals surface area contributed by atoms with E-state index in [9.17, 15) is 9.59 Å². The Morgan fingerprint density at radius 1 is 1.13 bits per heavy atom. The van der Waals surface area contributed by atoms with Crippen molar-refractivity contribution in [2.45, 2.75) is 53.1 Å². The summed E-state index contributed by atoms with van der Waals surface area (Å²) in [7, 11) is 2.02. The summed E-state index contributed by atoms with van der Waals surface area (Å²) in [5, 5.41) is 3.02. The first-order valence-corrected chi connectivity index (χ1v) is 13.4. The standard InChI is InChI=1S/C30H37N5O3/c1-6-34(24-8-11-38-12-9-24)30-21(4)26(28(36)31-16-27-19(2)13-20(3)32-29(27)37)15-25-14-23(18-35(25)30)22-7-10-33(5)17-22/h7,10,13-15,17-18,24H,6,8-9,11-12,16H2,1-5H3,(H,31,36)(H,32,37). The summed E-state index contributed by atoms with van der Waals surface area (Å²) in [6.45, 7) is 10.4. The lowest BCUT2D eigenvalue weighted by atomic mass is 10.0. The molecule has 5 heterocycles. The van der Waals surface area contributed by atoms with E-state index in [4.69, 9.17) is 4.74 Å². The van der Waals surface area contributed by atoms with Crippen molar-refractivity contribution >= 4 is 17.2 Å². The van der Waals surface area contributed by atoms with E-state index in [0.717, 1.165) is 71.9 Å². The van der Waals surface area contributed by atoms with Gasteiger partial charge in [0.25, 0.3) is 11.5 Å². The van der Waals surface area contributed by atoms with Crippen molar-refractivity contribution in [3.05, 3.63) is 81.2 Å². The summed E-state index contributed by atoms with van der Waals surface area (Å²) >= 11 is 0. The van der Waals surface area contributed by atoms with Gasteiger partial charge in [-0.05, 0) is 70.4 Å². The molecule has 1 saturated heterocycles. The molecule has 2 N–H and O–H groups in total. The van der Waals surface area contributed by atoms with E-state index in [-0.39, 0.29) is 18.0 Å². The molecule has 4 aromatic rings. The third kappa shape index (κ3) is 4.88. The van der Waals surface area contributed by atoms with Crippen LogP contribution in [0.25, 0.3) is 16.6 Å². The SMILES string of the molecule is CCN(c1c(C)c(C(=O)NCc2c(C)cc(C)[nH]c2=O)cc2cc(-c3ccn(C)c3)cn12)C1CCOCC1. The van der Waals surface area contributed by atoms with Gasteiger partial charge in [-0.15, -0.1) is 0 Å². The maximum absolute atomic E-state index is 13.6. The Kier molecular flexibility index (Phi) is 7.17. The number of carbonyl (C=O) groups is 1. The highest BCUT2D eigenvalue weighted by atomic mass is 16.5. The topological polar surface area (TPSA) is 83.8 Å². The Bertz CT molecular complexity index is 1540. The summed E-state index contributed by atoms with van der Waals surface area (Å²) in [4.78, 5) is 31.4. The van der Waals surface area contributed by atoms with Crippen LogP contribution in [0.3, 0.4) is 0 Å². The summed E-state index contributed by atoms with van der Waals surface area (Å²) in [5.74, 6) is 0.852. The number of hydrogen-bond acceptors (Lipinski definition) is 4. The van der Waals surface area contributed by atoms with Crippen LogP contribution >= 0.6 is 0 Å². The van der Waals surface area contributed by atoms with Crippen LogP contribution in [0.4, 0.5) is 5.82 Å². The number of aromatic amines is 1. The molecule has 1 fully saturated rings. The Balaban J connectivity index is 1.58. The third-order valence-corrected chi connectivity index (χ3v) is 7.68. The van der Waals surface area contributed by atoms with Crippen LogP contribution in [0.5, 0.6) is 0 Å². The van der Waals surface area contributed by atoms with E-state index in [1.807, 2.05) is 50.7 Å². The number of amides is 1.